The van der Waals surface area contributed by atoms with Gasteiger partial charge < -0.3 is 5.32 Å². The van der Waals surface area contributed by atoms with Crippen molar-refractivity contribution in [2.24, 2.45) is 0 Å². The lowest BCUT2D eigenvalue weighted by molar-refractivity contribution is 0.0994. The summed E-state index contributed by atoms with van der Waals surface area (Å²) in [5.74, 6) is 0.0862. The lowest BCUT2D eigenvalue weighted by atomic mass is 10.1. The van der Waals surface area contributed by atoms with Crippen LogP contribution < -0.4 is 10.2 Å². The first kappa shape index (κ1) is 8.82. The molecule has 1 amide bonds. The van der Waals surface area contributed by atoms with Gasteiger partial charge in [0.1, 0.15) is 6.17 Å². The van der Waals surface area contributed by atoms with Crippen LogP contribution in [0.1, 0.15) is 22.1 Å². The van der Waals surface area contributed by atoms with Gasteiger partial charge in [0.15, 0.2) is 0 Å². The van der Waals surface area contributed by atoms with Gasteiger partial charge in [-0.2, -0.15) is 0 Å². The maximum absolute atomic E-state index is 12.3. The number of carbonyl (C=O) groups excluding carboxylic acids is 1. The third-order valence-electron chi connectivity index (χ3n) is 3.42. The van der Waals surface area contributed by atoms with E-state index < -0.39 is 0 Å². The average molecular weight is 222 g/mol. The summed E-state index contributed by atoms with van der Waals surface area (Å²) >= 11 is 0. The molecule has 3 heteroatoms. The second kappa shape index (κ2) is 2.88. The summed E-state index contributed by atoms with van der Waals surface area (Å²) in [6.45, 7) is 0. The highest BCUT2D eigenvalue weighted by atomic mass is 16.2. The Bertz CT molecular complexity index is 636. The predicted molar refractivity (Wildman–Crippen MR) is 66.1 cm³/mol. The van der Waals surface area contributed by atoms with Gasteiger partial charge in [0.05, 0.1) is 11.4 Å². The van der Waals surface area contributed by atoms with Crippen molar-refractivity contribution in [2.45, 2.75) is 6.17 Å². The van der Waals surface area contributed by atoms with E-state index in [0.717, 1.165) is 22.5 Å². The fourth-order valence-electron chi connectivity index (χ4n) is 2.66. The minimum absolute atomic E-state index is 0.0314. The maximum Gasteiger partial charge on any atom is 0.260 e. The summed E-state index contributed by atoms with van der Waals surface area (Å²) in [6, 6.07) is 15.7. The second-order valence-electron chi connectivity index (χ2n) is 4.33. The Hall–Kier alpha value is -2.29. The average Bonchev–Trinajstić information content (AvgIpc) is 2.88. The number of nitrogens with one attached hydrogen (secondary N) is 1. The van der Waals surface area contributed by atoms with Crippen LogP contribution in [0.5, 0.6) is 0 Å². The van der Waals surface area contributed by atoms with Crippen molar-refractivity contribution in [1.82, 2.24) is 0 Å². The van der Waals surface area contributed by atoms with Crippen LogP contribution in [0.4, 0.5) is 11.4 Å². The van der Waals surface area contributed by atoms with E-state index in [4.69, 9.17) is 0 Å². The fourth-order valence-corrected chi connectivity index (χ4v) is 2.66. The highest BCUT2D eigenvalue weighted by Crippen LogP contribution is 2.46. The van der Waals surface area contributed by atoms with E-state index in [2.05, 4.69) is 5.32 Å². The molecule has 2 aliphatic rings. The van der Waals surface area contributed by atoms with Gasteiger partial charge in [0, 0.05) is 11.1 Å². The lowest BCUT2D eigenvalue weighted by Crippen LogP contribution is -2.25. The van der Waals surface area contributed by atoms with Crippen LogP contribution in [-0.2, 0) is 0 Å². The molecular weight excluding hydrogens is 212 g/mol. The maximum atomic E-state index is 12.3. The van der Waals surface area contributed by atoms with Gasteiger partial charge in [-0.05, 0) is 18.2 Å². The third-order valence-corrected chi connectivity index (χ3v) is 3.42. The van der Waals surface area contributed by atoms with Crippen LogP contribution in [-0.4, -0.2) is 5.91 Å². The van der Waals surface area contributed by atoms with Gasteiger partial charge in [0.25, 0.3) is 5.91 Å². The van der Waals surface area contributed by atoms with Crippen molar-refractivity contribution in [3.8, 4) is 0 Å². The van der Waals surface area contributed by atoms with Crippen molar-refractivity contribution in [2.75, 3.05) is 10.2 Å². The molecule has 1 N–H and O–H groups in total. The number of carbonyl (C=O) groups is 1. The molecule has 0 aliphatic carbocycles. The zero-order valence-electron chi connectivity index (χ0n) is 9.05. The van der Waals surface area contributed by atoms with Gasteiger partial charge >= 0.3 is 0 Å². The summed E-state index contributed by atoms with van der Waals surface area (Å²) in [7, 11) is 0. The first-order chi connectivity index (χ1) is 8.36. The summed E-state index contributed by atoms with van der Waals surface area (Å²) in [5, 5.41) is 3.39. The Morgan fingerprint density at radius 1 is 1.00 bits per heavy atom. The van der Waals surface area contributed by atoms with Crippen molar-refractivity contribution in [3.05, 3.63) is 59.7 Å². The molecule has 2 heterocycles. The van der Waals surface area contributed by atoms with Crippen LogP contribution in [0.2, 0.25) is 0 Å². The van der Waals surface area contributed by atoms with Crippen molar-refractivity contribution < 1.29 is 4.79 Å². The normalized spacial score (nSPS) is 19.6. The van der Waals surface area contributed by atoms with E-state index in [1.807, 2.05) is 53.4 Å². The minimum atomic E-state index is -0.0314. The van der Waals surface area contributed by atoms with E-state index in [1.165, 1.54) is 0 Å². The van der Waals surface area contributed by atoms with Crippen LogP contribution >= 0.6 is 0 Å². The van der Waals surface area contributed by atoms with Crippen molar-refractivity contribution in [1.29, 1.82) is 0 Å². The van der Waals surface area contributed by atoms with E-state index in [-0.39, 0.29) is 12.1 Å². The second-order valence-corrected chi connectivity index (χ2v) is 4.33. The van der Waals surface area contributed by atoms with Crippen LogP contribution in [0.25, 0.3) is 0 Å². The highest BCUT2D eigenvalue weighted by molar-refractivity contribution is 6.14. The summed E-state index contributed by atoms with van der Waals surface area (Å²) < 4.78 is 0. The number of rotatable bonds is 0. The zero-order chi connectivity index (χ0) is 11.4. The molecule has 0 radical (unpaired) electrons. The number of anilines is 2. The minimum Gasteiger partial charge on any atom is -0.359 e. The third kappa shape index (κ3) is 0.984. The molecule has 0 fully saturated rings. The van der Waals surface area contributed by atoms with E-state index in [0.29, 0.717) is 0 Å². The van der Waals surface area contributed by atoms with E-state index in [9.17, 15) is 4.79 Å². The number of fused-ring (bicyclic) bond motifs is 5. The van der Waals surface area contributed by atoms with E-state index in [1.54, 1.807) is 0 Å². The Kier molecular flexibility index (Phi) is 1.50. The molecular formula is C14H10N2O. The largest absolute Gasteiger partial charge is 0.359 e. The summed E-state index contributed by atoms with van der Waals surface area (Å²) in [6.07, 6.45) is -0.0314. The van der Waals surface area contributed by atoms with Crippen LogP contribution in [0.3, 0.4) is 0 Å². The Morgan fingerprint density at radius 3 is 2.71 bits per heavy atom. The lowest BCUT2D eigenvalue weighted by Gasteiger charge is -2.15. The van der Waals surface area contributed by atoms with Gasteiger partial charge in [-0.15, -0.1) is 0 Å². The monoisotopic (exact) mass is 222 g/mol. The first-order valence-electron chi connectivity index (χ1n) is 5.64. The Labute approximate surface area is 98.7 Å². The number of benzene rings is 2. The first-order valence-corrected chi connectivity index (χ1v) is 5.64. The number of hydrogen-bond donors (Lipinski definition) is 1. The molecule has 2 aliphatic heterocycles. The molecule has 17 heavy (non-hydrogen) atoms. The Morgan fingerprint density at radius 2 is 1.76 bits per heavy atom. The van der Waals surface area contributed by atoms with Gasteiger partial charge in [-0.25, -0.2) is 0 Å². The number of amides is 1. The molecule has 0 spiro atoms. The van der Waals surface area contributed by atoms with E-state index >= 15 is 0 Å². The molecule has 0 aromatic heterocycles. The van der Waals surface area contributed by atoms with Gasteiger partial charge in [0.2, 0.25) is 0 Å². The van der Waals surface area contributed by atoms with Gasteiger partial charge in [-0.3, -0.25) is 9.69 Å². The summed E-state index contributed by atoms with van der Waals surface area (Å²) in [4.78, 5) is 14.2. The van der Waals surface area contributed by atoms with Gasteiger partial charge in [-0.1, -0.05) is 30.3 Å². The van der Waals surface area contributed by atoms with Crippen molar-refractivity contribution in [3.63, 3.8) is 0 Å². The summed E-state index contributed by atoms with van der Waals surface area (Å²) in [5.41, 5.74) is 3.87. The molecule has 1 atom stereocenters. The number of hydrogen-bond acceptors (Lipinski definition) is 2. The number of nitrogens with zero attached hydrogens (tertiary/aromatic N) is 1. The van der Waals surface area contributed by atoms with Crippen LogP contribution in [0.15, 0.2) is 48.5 Å². The van der Waals surface area contributed by atoms with Crippen molar-refractivity contribution >= 4 is 17.3 Å². The zero-order valence-corrected chi connectivity index (χ0v) is 9.05. The SMILES string of the molecule is O=C1c2ccccc2[C@@H]2Nc3ccccc3N12. The highest BCUT2D eigenvalue weighted by Gasteiger charge is 2.42. The fraction of sp³-hybridized carbons (Fsp3) is 0.0714. The molecule has 3 nitrogen and oxygen atoms in total. The molecule has 0 saturated carbocycles. The standard InChI is InChI=1S/C14H10N2O/c17-14-10-6-2-1-5-9(10)13-15-11-7-3-4-8-12(11)16(13)14/h1-8,13,15H/t13-/m1/s1. The molecule has 2 aromatic rings. The predicted octanol–water partition coefficient (Wildman–Crippen LogP) is 2.77. The molecule has 0 saturated heterocycles. The molecule has 0 bridgehead atoms. The van der Waals surface area contributed by atoms with Crippen LogP contribution in [0, 0.1) is 0 Å². The molecule has 82 valence electrons. The Balaban J connectivity index is 1.94. The number of para-hydroxylation sites is 2. The molecule has 4 rings (SSSR count). The molecule has 0 unspecified atom stereocenters. The quantitative estimate of drug-likeness (QED) is 0.743. The topological polar surface area (TPSA) is 32.3 Å². The molecule has 2 aromatic carbocycles. The smallest absolute Gasteiger partial charge is 0.260 e.